The van der Waals surface area contributed by atoms with Crippen molar-refractivity contribution in [2.24, 2.45) is 0 Å². The van der Waals surface area contributed by atoms with Gasteiger partial charge in [0.1, 0.15) is 0 Å². The van der Waals surface area contributed by atoms with E-state index in [0.29, 0.717) is 0 Å². The summed E-state index contributed by atoms with van der Waals surface area (Å²) in [5.41, 5.74) is 2.47. The van der Waals surface area contributed by atoms with Gasteiger partial charge in [0, 0.05) is 6.54 Å². The van der Waals surface area contributed by atoms with Crippen molar-refractivity contribution in [3.8, 4) is 0 Å². The predicted molar refractivity (Wildman–Crippen MR) is 106 cm³/mol. The molecule has 0 saturated heterocycles. The smallest absolute Gasteiger partial charge is 0.407 e. The van der Waals surface area contributed by atoms with Crippen LogP contribution in [0, 0.1) is 0 Å². The van der Waals surface area contributed by atoms with Crippen LogP contribution in [0.4, 0.5) is 4.79 Å². The van der Waals surface area contributed by atoms with Gasteiger partial charge in [0.15, 0.2) is 0 Å². The van der Waals surface area contributed by atoms with Gasteiger partial charge in [-0.1, -0.05) is 67.6 Å². The van der Waals surface area contributed by atoms with Crippen LogP contribution in [-0.2, 0) is 11.3 Å². The van der Waals surface area contributed by atoms with E-state index in [1.54, 1.807) is 0 Å². The minimum atomic E-state index is -0.377. The topological polar surface area (TPSA) is 41.6 Å². The molecule has 140 valence electrons. The number of unbranched alkanes of at least 4 members (excludes halogenated alkanes) is 1. The first-order valence-corrected chi connectivity index (χ1v) is 9.38. The van der Waals surface area contributed by atoms with Gasteiger partial charge in [0.2, 0.25) is 0 Å². The molecular weight excluding hydrogens is 324 g/mol. The number of benzene rings is 2. The number of carbonyl (C=O) groups is 1. The van der Waals surface area contributed by atoms with E-state index in [1.807, 2.05) is 30.3 Å². The number of ether oxygens (including phenoxy) is 1. The zero-order chi connectivity index (χ0) is 18.6. The molecule has 0 aliphatic rings. The predicted octanol–water partition coefficient (Wildman–Crippen LogP) is 4.78. The first kappa shape index (κ1) is 20.0. The molecule has 0 bridgehead atoms. The van der Waals surface area contributed by atoms with Crippen LogP contribution < -0.4 is 5.32 Å². The number of carbonyl (C=O) groups excluding carboxylic acids is 1. The number of rotatable bonds is 10. The maximum absolute atomic E-state index is 11.6. The molecule has 0 spiro atoms. The summed E-state index contributed by atoms with van der Waals surface area (Å²) in [4.78, 5) is 14.1. The summed E-state index contributed by atoms with van der Waals surface area (Å²) in [6.45, 7) is 5.29. The molecule has 1 N–H and O–H groups in total. The van der Waals surface area contributed by atoms with Crippen LogP contribution in [0.25, 0.3) is 0 Å². The van der Waals surface area contributed by atoms with Gasteiger partial charge in [-0.15, -0.1) is 0 Å². The Bertz CT molecular complexity index is 631. The van der Waals surface area contributed by atoms with Crippen LogP contribution in [0.15, 0.2) is 60.7 Å². The third-order valence-corrected chi connectivity index (χ3v) is 4.59. The molecule has 0 fully saturated rings. The largest absolute Gasteiger partial charge is 0.453 e. The lowest BCUT2D eigenvalue weighted by Gasteiger charge is -2.22. The van der Waals surface area contributed by atoms with E-state index in [-0.39, 0.29) is 12.1 Å². The monoisotopic (exact) mass is 354 g/mol. The highest BCUT2D eigenvalue weighted by Gasteiger charge is 2.14. The van der Waals surface area contributed by atoms with Gasteiger partial charge in [0.25, 0.3) is 0 Å². The number of nitrogens with one attached hydrogen (secondary N) is 1. The Morgan fingerprint density at radius 3 is 2.31 bits per heavy atom. The Morgan fingerprint density at radius 1 is 1.04 bits per heavy atom. The standard InChI is InChI=1S/C22H30N2O2/c1-3-24(18-19-12-6-4-7-13-19)17-11-10-16-21(23-22(25)26-2)20-14-8-5-9-15-20/h4-9,12-15,21H,3,10-11,16-18H2,1-2H3,(H,23,25). The molecule has 4 heteroatoms. The van der Waals surface area contributed by atoms with Gasteiger partial charge >= 0.3 is 6.09 Å². The van der Waals surface area contributed by atoms with Gasteiger partial charge in [-0.05, 0) is 43.5 Å². The van der Waals surface area contributed by atoms with Crippen molar-refractivity contribution in [2.75, 3.05) is 20.2 Å². The summed E-state index contributed by atoms with van der Waals surface area (Å²) in [6, 6.07) is 20.7. The van der Waals surface area contributed by atoms with Crippen LogP contribution in [0.1, 0.15) is 43.4 Å². The Labute approximate surface area is 157 Å². The van der Waals surface area contributed by atoms with Crippen LogP contribution >= 0.6 is 0 Å². The Hall–Kier alpha value is -2.33. The zero-order valence-electron chi connectivity index (χ0n) is 15.9. The highest BCUT2D eigenvalue weighted by atomic mass is 16.5. The molecule has 1 unspecified atom stereocenters. The molecule has 26 heavy (non-hydrogen) atoms. The second kappa shape index (κ2) is 11.3. The van der Waals surface area contributed by atoms with Crippen LogP contribution in [-0.4, -0.2) is 31.2 Å². The van der Waals surface area contributed by atoms with E-state index in [1.165, 1.54) is 12.7 Å². The summed E-state index contributed by atoms with van der Waals surface area (Å²) in [5, 5.41) is 2.95. The minimum absolute atomic E-state index is 0.00662. The quantitative estimate of drug-likeness (QED) is 0.625. The fourth-order valence-electron chi connectivity index (χ4n) is 3.08. The summed E-state index contributed by atoms with van der Waals surface area (Å²) < 4.78 is 4.77. The molecule has 0 radical (unpaired) electrons. The fraction of sp³-hybridized carbons (Fsp3) is 0.409. The molecule has 0 aliphatic carbocycles. The lowest BCUT2D eigenvalue weighted by molar-refractivity contribution is 0.165. The molecule has 2 aromatic carbocycles. The number of methoxy groups -OCH3 is 1. The summed E-state index contributed by atoms with van der Waals surface area (Å²) in [6.07, 6.45) is 2.68. The molecule has 1 atom stereocenters. The van der Waals surface area contributed by atoms with Gasteiger partial charge in [-0.25, -0.2) is 4.79 Å². The number of hydrogen-bond donors (Lipinski definition) is 1. The first-order chi connectivity index (χ1) is 12.7. The maximum Gasteiger partial charge on any atom is 0.407 e. The van der Waals surface area contributed by atoms with Gasteiger partial charge in [-0.3, -0.25) is 4.90 Å². The van der Waals surface area contributed by atoms with E-state index in [0.717, 1.165) is 44.5 Å². The molecule has 0 aliphatic heterocycles. The molecular formula is C22H30N2O2. The molecule has 0 aromatic heterocycles. The Balaban J connectivity index is 1.81. The van der Waals surface area contributed by atoms with Crippen LogP contribution in [0.5, 0.6) is 0 Å². The van der Waals surface area contributed by atoms with E-state index in [9.17, 15) is 4.79 Å². The zero-order valence-corrected chi connectivity index (χ0v) is 15.9. The van der Waals surface area contributed by atoms with E-state index < -0.39 is 0 Å². The number of alkyl carbamates (subject to hydrolysis) is 1. The van der Waals surface area contributed by atoms with Crippen molar-refractivity contribution in [3.63, 3.8) is 0 Å². The lowest BCUT2D eigenvalue weighted by Crippen LogP contribution is -2.28. The second-order valence-corrected chi connectivity index (χ2v) is 6.45. The Morgan fingerprint density at radius 2 is 1.69 bits per heavy atom. The van der Waals surface area contributed by atoms with Gasteiger partial charge < -0.3 is 10.1 Å². The van der Waals surface area contributed by atoms with Crippen molar-refractivity contribution in [1.82, 2.24) is 10.2 Å². The van der Waals surface area contributed by atoms with Gasteiger partial charge in [0.05, 0.1) is 13.2 Å². The molecule has 2 aromatic rings. The molecule has 0 saturated carbocycles. The lowest BCUT2D eigenvalue weighted by atomic mass is 10.0. The first-order valence-electron chi connectivity index (χ1n) is 9.38. The van der Waals surface area contributed by atoms with Crippen molar-refractivity contribution in [3.05, 3.63) is 71.8 Å². The third kappa shape index (κ3) is 6.89. The SMILES string of the molecule is CCN(CCCCC(NC(=O)OC)c1ccccc1)Cc1ccccc1. The molecule has 4 nitrogen and oxygen atoms in total. The molecule has 1 amide bonds. The second-order valence-electron chi connectivity index (χ2n) is 6.45. The van der Waals surface area contributed by atoms with Crippen LogP contribution in [0.3, 0.4) is 0 Å². The number of nitrogens with zero attached hydrogens (tertiary/aromatic N) is 1. The summed E-state index contributed by atoms with van der Waals surface area (Å²) >= 11 is 0. The van der Waals surface area contributed by atoms with E-state index >= 15 is 0 Å². The number of hydrogen-bond acceptors (Lipinski definition) is 3. The molecule has 0 heterocycles. The van der Waals surface area contributed by atoms with E-state index in [4.69, 9.17) is 4.74 Å². The molecule has 2 rings (SSSR count). The van der Waals surface area contributed by atoms with Gasteiger partial charge in [-0.2, -0.15) is 0 Å². The average molecular weight is 354 g/mol. The van der Waals surface area contributed by atoms with Crippen molar-refractivity contribution >= 4 is 6.09 Å². The fourth-order valence-corrected chi connectivity index (χ4v) is 3.08. The normalized spacial score (nSPS) is 12.0. The van der Waals surface area contributed by atoms with Crippen LogP contribution in [0.2, 0.25) is 0 Å². The van der Waals surface area contributed by atoms with E-state index in [2.05, 4.69) is 47.5 Å². The van der Waals surface area contributed by atoms with Crippen molar-refractivity contribution < 1.29 is 9.53 Å². The summed E-state index contributed by atoms with van der Waals surface area (Å²) in [7, 11) is 1.40. The highest BCUT2D eigenvalue weighted by molar-refractivity contribution is 5.67. The minimum Gasteiger partial charge on any atom is -0.453 e. The van der Waals surface area contributed by atoms with Crippen molar-refractivity contribution in [2.45, 2.75) is 38.8 Å². The summed E-state index contributed by atoms with van der Waals surface area (Å²) in [5.74, 6) is 0. The average Bonchev–Trinajstić information content (AvgIpc) is 2.70. The third-order valence-electron chi connectivity index (χ3n) is 4.59. The van der Waals surface area contributed by atoms with Crippen molar-refractivity contribution in [1.29, 1.82) is 0 Å². The maximum atomic E-state index is 11.6. The number of amides is 1. The highest BCUT2D eigenvalue weighted by Crippen LogP contribution is 2.19. The Kier molecular flexibility index (Phi) is 8.70.